The van der Waals surface area contributed by atoms with Crippen molar-refractivity contribution in [2.75, 3.05) is 12.8 Å². The number of nitrogens with two attached hydrogens (primary N) is 1. The van der Waals surface area contributed by atoms with E-state index in [4.69, 9.17) is 19.6 Å². The summed E-state index contributed by atoms with van der Waals surface area (Å²) in [5.74, 6) is 1.23. The number of benzene rings is 2. The number of hydrogen-bond acceptors (Lipinski definition) is 6. The van der Waals surface area contributed by atoms with Crippen LogP contribution >= 0.6 is 0 Å². The number of furan rings is 1. The summed E-state index contributed by atoms with van der Waals surface area (Å²) < 4.78 is 16.7. The van der Waals surface area contributed by atoms with Crippen molar-refractivity contribution in [2.45, 2.75) is 19.8 Å². The van der Waals surface area contributed by atoms with Gasteiger partial charge < -0.3 is 24.9 Å². The third kappa shape index (κ3) is 5.02. The number of anilines is 1. The van der Waals surface area contributed by atoms with Gasteiger partial charge >= 0.3 is 0 Å². The Hall–Kier alpha value is -3.84. The minimum absolute atomic E-state index is 0.164. The summed E-state index contributed by atoms with van der Waals surface area (Å²) in [6, 6.07) is 20.9. The molecule has 158 valence electrons. The van der Waals surface area contributed by atoms with E-state index in [0.29, 0.717) is 30.2 Å². The third-order valence-electron chi connectivity index (χ3n) is 4.73. The number of carbonyl (C=O) groups excluding carboxylic acids is 1. The highest BCUT2D eigenvalue weighted by Gasteiger charge is 2.13. The first-order valence-corrected chi connectivity index (χ1v) is 9.84. The third-order valence-corrected chi connectivity index (χ3v) is 4.73. The van der Waals surface area contributed by atoms with E-state index in [0.717, 1.165) is 22.3 Å². The predicted octanol–water partition coefficient (Wildman–Crippen LogP) is 4.07. The summed E-state index contributed by atoms with van der Waals surface area (Å²) in [5.41, 5.74) is 8.71. The SMILES string of the molecule is COCc1ccc(C(=O)NCc2cc3cc(OCc4ccccc4)ccc3o2)c(N)n1. The Kier molecular flexibility index (Phi) is 6.14. The first-order valence-electron chi connectivity index (χ1n) is 9.84. The van der Waals surface area contributed by atoms with Gasteiger partial charge in [0.25, 0.3) is 5.91 Å². The van der Waals surface area contributed by atoms with Crippen LogP contribution in [-0.4, -0.2) is 18.0 Å². The lowest BCUT2D eigenvalue weighted by Gasteiger charge is -2.07. The van der Waals surface area contributed by atoms with Gasteiger partial charge in [0.15, 0.2) is 0 Å². The largest absolute Gasteiger partial charge is 0.489 e. The first kappa shape index (κ1) is 20.4. The zero-order valence-electron chi connectivity index (χ0n) is 17.1. The molecule has 0 aliphatic carbocycles. The highest BCUT2D eigenvalue weighted by atomic mass is 16.5. The fourth-order valence-electron chi connectivity index (χ4n) is 3.19. The summed E-state index contributed by atoms with van der Waals surface area (Å²) in [7, 11) is 1.57. The molecule has 0 radical (unpaired) electrons. The topological polar surface area (TPSA) is 99.6 Å². The maximum atomic E-state index is 12.5. The first-order chi connectivity index (χ1) is 15.1. The number of nitrogens with one attached hydrogen (secondary N) is 1. The van der Waals surface area contributed by atoms with E-state index >= 15 is 0 Å². The molecule has 0 fully saturated rings. The van der Waals surface area contributed by atoms with Gasteiger partial charge in [-0.25, -0.2) is 4.98 Å². The molecule has 2 aromatic heterocycles. The van der Waals surface area contributed by atoms with Gasteiger partial charge in [0, 0.05) is 12.5 Å². The van der Waals surface area contributed by atoms with E-state index in [2.05, 4.69) is 10.3 Å². The van der Waals surface area contributed by atoms with Crippen LogP contribution in [0.2, 0.25) is 0 Å². The summed E-state index contributed by atoms with van der Waals surface area (Å²) in [4.78, 5) is 16.7. The van der Waals surface area contributed by atoms with Gasteiger partial charge in [0.1, 0.15) is 29.5 Å². The molecule has 0 spiro atoms. The van der Waals surface area contributed by atoms with Gasteiger partial charge in [-0.15, -0.1) is 0 Å². The number of pyridine rings is 1. The highest BCUT2D eigenvalue weighted by Crippen LogP contribution is 2.25. The quantitative estimate of drug-likeness (QED) is 0.448. The normalized spacial score (nSPS) is 10.9. The zero-order valence-corrected chi connectivity index (χ0v) is 17.1. The number of methoxy groups -OCH3 is 1. The van der Waals surface area contributed by atoms with Crippen LogP contribution in [0.5, 0.6) is 5.75 Å². The maximum Gasteiger partial charge on any atom is 0.255 e. The van der Waals surface area contributed by atoms with Gasteiger partial charge in [-0.1, -0.05) is 30.3 Å². The average molecular weight is 417 g/mol. The molecule has 31 heavy (non-hydrogen) atoms. The molecular weight excluding hydrogens is 394 g/mol. The average Bonchev–Trinajstić information content (AvgIpc) is 3.19. The number of carbonyl (C=O) groups is 1. The predicted molar refractivity (Wildman–Crippen MR) is 118 cm³/mol. The van der Waals surface area contributed by atoms with Gasteiger partial charge in [-0.3, -0.25) is 4.79 Å². The van der Waals surface area contributed by atoms with Gasteiger partial charge in [-0.05, 0) is 42.0 Å². The fraction of sp³-hybridized carbons (Fsp3) is 0.167. The number of hydrogen-bond donors (Lipinski definition) is 2. The van der Waals surface area contributed by atoms with Crippen molar-refractivity contribution in [3.63, 3.8) is 0 Å². The van der Waals surface area contributed by atoms with Gasteiger partial charge in [0.2, 0.25) is 0 Å². The Morgan fingerprint density at radius 1 is 1.06 bits per heavy atom. The molecule has 4 rings (SSSR count). The van der Waals surface area contributed by atoms with Crippen molar-refractivity contribution in [1.82, 2.24) is 10.3 Å². The van der Waals surface area contributed by atoms with E-state index in [1.807, 2.05) is 54.6 Å². The van der Waals surface area contributed by atoms with Crippen LogP contribution < -0.4 is 15.8 Å². The minimum atomic E-state index is -0.318. The van der Waals surface area contributed by atoms with Crippen molar-refractivity contribution < 1.29 is 18.7 Å². The van der Waals surface area contributed by atoms with Crippen molar-refractivity contribution >= 4 is 22.7 Å². The molecule has 0 atom stereocenters. The van der Waals surface area contributed by atoms with Gasteiger partial charge in [-0.2, -0.15) is 0 Å². The second-order valence-corrected chi connectivity index (χ2v) is 7.04. The van der Waals surface area contributed by atoms with Crippen LogP contribution in [0.25, 0.3) is 11.0 Å². The van der Waals surface area contributed by atoms with Crippen molar-refractivity contribution in [3.05, 3.63) is 89.3 Å². The molecule has 0 aliphatic rings. The summed E-state index contributed by atoms with van der Waals surface area (Å²) in [6.45, 7) is 1.06. The highest BCUT2D eigenvalue weighted by molar-refractivity contribution is 5.98. The van der Waals surface area contributed by atoms with E-state index in [9.17, 15) is 4.79 Å². The number of ether oxygens (including phenoxy) is 2. The monoisotopic (exact) mass is 417 g/mol. The second kappa shape index (κ2) is 9.32. The molecule has 1 amide bonds. The molecule has 3 N–H and O–H groups in total. The number of aromatic nitrogens is 1. The smallest absolute Gasteiger partial charge is 0.255 e. The maximum absolute atomic E-state index is 12.5. The van der Waals surface area contributed by atoms with Crippen LogP contribution in [0.4, 0.5) is 5.82 Å². The minimum Gasteiger partial charge on any atom is -0.489 e. The number of nitrogens with zero attached hydrogens (tertiary/aromatic N) is 1. The standard InChI is InChI=1S/C24H23N3O4/c1-29-15-18-7-9-21(23(25)27-18)24(28)26-13-20-12-17-11-19(8-10-22(17)31-20)30-14-16-5-3-2-4-6-16/h2-12H,13-15H2,1H3,(H2,25,27)(H,26,28). The van der Waals surface area contributed by atoms with Crippen LogP contribution in [0.3, 0.4) is 0 Å². The number of amides is 1. The molecule has 7 heteroatoms. The summed E-state index contributed by atoms with van der Waals surface area (Å²) in [6.07, 6.45) is 0. The molecular formula is C24H23N3O4. The number of nitrogen functional groups attached to an aromatic ring is 1. The van der Waals surface area contributed by atoms with Crippen molar-refractivity contribution in [3.8, 4) is 5.75 Å². The lowest BCUT2D eigenvalue weighted by atomic mass is 10.2. The second-order valence-electron chi connectivity index (χ2n) is 7.04. The Labute approximate surface area is 179 Å². The molecule has 0 bridgehead atoms. The summed E-state index contributed by atoms with van der Waals surface area (Å²) >= 11 is 0. The Balaban J connectivity index is 1.39. The Morgan fingerprint density at radius 2 is 1.90 bits per heavy atom. The van der Waals surface area contributed by atoms with E-state index in [-0.39, 0.29) is 18.3 Å². The lowest BCUT2D eigenvalue weighted by Crippen LogP contribution is -2.24. The number of fused-ring (bicyclic) bond motifs is 1. The van der Waals surface area contributed by atoms with Gasteiger partial charge in [0.05, 0.1) is 24.4 Å². The van der Waals surface area contributed by atoms with E-state index in [1.54, 1.807) is 19.2 Å². The molecule has 0 saturated carbocycles. The van der Waals surface area contributed by atoms with Crippen LogP contribution in [0.1, 0.15) is 27.4 Å². The van der Waals surface area contributed by atoms with Crippen molar-refractivity contribution in [1.29, 1.82) is 0 Å². The lowest BCUT2D eigenvalue weighted by molar-refractivity contribution is 0.0948. The van der Waals surface area contributed by atoms with Crippen LogP contribution in [0, 0.1) is 0 Å². The molecule has 7 nitrogen and oxygen atoms in total. The molecule has 0 unspecified atom stereocenters. The molecule has 2 aromatic carbocycles. The van der Waals surface area contributed by atoms with Crippen molar-refractivity contribution in [2.24, 2.45) is 0 Å². The molecule has 4 aromatic rings. The van der Waals surface area contributed by atoms with Crippen LogP contribution in [0.15, 0.2) is 71.1 Å². The fourth-order valence-corrected chi connectivity index (χ4v) is 3.19. The van der Waals surface area contributed by atoms with Crippen LogP contribution in [-0.2, 0) is 24.5 Å². The number of rotatable bonds is 8. The van der Waals surface area contributed by atoms with E-state index < -0.39 is 0 Å². The zero-order chi connectivity index (χ0) is 21.6. The Morgan fingerprint density at radius 3 is 2.68 bits per heavy atom. The summed E-state index contributed by atoms with van der Waals surface area (Å²) in [5, 5.41) is 3.72. The van der Waals surface area contributed by atoms with E-state index in [1.165, 1.54) is 0 Å². The molecule has 0 aliphatic heterocycles. The molecule has 0 saturated heterocycles. The molecule has 2 heterocycles. The Bertz CT molecular complexity index is 1190.